The van der Waals surface area contributed by atoms with Gasteiger partial charge in [-0.1, -0.05) is 12.8 Å². The summed E-state index contributed by atoms with van der Waals surface area (Å²) in [6.45, 7) is 0.245. The quantitative estimate of drug-likeness (QED) is 0.875. The number of halogens is 2. The molecule has 1 heterocycles. The van der Waals surface area contributed by atoms with Gasteiger partial charge in [0.2, 0.25) is 10.0 Å². The Kier molecular flexibility index (Phi) is 5.26. The maximum absolute atomic E-state index is 13.0. The number of pyridine rings is 1. The van der Waals surface area contributed by atoms with Crippen LogP contribution < -0.4 is 10.5 Å². The lowest BCUT2D eigenvalue weighted by atomic mass is 10.0. The third-order valence-corrected chi connectivity index (χ3v) is 4.84. The summed E-state index contributed by atoms with van der Waals surface area (Å²) in [6, 6.07) is 0.953. The number of hydrogen-bond acceptors (Lipinski definition) is 4. The van der Waals surface area contributed by atoms with Crippen molar-refractivity contribution in [3.8, 4) is 0 Å². The van der Waals surface area contributed by atoms with Gasteiger partial charge in [-0.15, -0.1) is 12.4 Å². The summed E-state index contributed by atoms with van der Waals surface area (Å²) in [5.41, 5.74) is 5.08. The van der Waals surface area contributed by atoms with Crippen LogP contribution in [-0.2, 0) is 10.0 Å². The van der Waals surface area contributed by atoms with Crippen molar-refractivity contribution < 1.29 is 12.8 Å². The third kappa shape index (κ3) is 3.62. The molecule has 2 rings (SSSR count). The summed E-state index contributed by atoms with van der Waals surface area (Å²) in [5.74, 6) is -0.675. The molecule has 19 heavy (non-hydrogen) atoms. The van der Waals surface area contributed by atoms with E-state index in [0.29, 0.717) is 12.8 Å². The molecule has 1 aromatic rings. The normalized spacial score (nSPS) is 18.0. The molecule has 1 aliphatic carbocycles. The lowest BCUT2D eigenvalue weighted by molar-refractivity contribution is 0.399. The van der Waals surface area contributed by atoms with Gasteiger partial charge in [0.05, 0.1) is 6.20 Å². The number of aromatic nitrogens is 1. The van der Waals surface area contributed by atoms with E-state index in [4.69, 9.17) is 5.73 Å². The van der Waals surface area contributed by atoms with Gasteiger partial charge in [-0.3, -0.25) is 4.98 Å². The zero-order chi connectivity index (χ0) is 13.2. The van der Waals surface area contributed by atoms with Crippen LogP contribution >= 0.6 is 12.4 Å². The van der Waals surface area contributed by atoms with E-state index in [-0.39, 0.29) is 23.8 Å². The van der Waals surface area contributed by atoms with E-state index in [1.54, 1.807) is 0 Å². The van der Waals surface area contributed by atoms with E-state index in [9.17, 15) is 12.8 Å². The van der Waals surface area contributed by atoms with Crippen molar-refractivity contribution in [2.75, 3.05) is 6.54 Å². The van der Waals surface area contributed by atoms with Crippen molar-refractivity contribution in [2.24, 2.45) is 5.73 Å². The highest BCUT2D eigenvalue weighted by atomic mass is 35.5. The molecule has 108 valence electrons. The van der Waals surface area contributed by atoms with Crippen molar-refractivity contribution in [2.45, 2.75) is 36.1 Å². The molecule has 0 aliphatic heterocycles. The molecule has 0 aromatic carbocycles. The molecule has 0 atom stereocenters. The molecule has 5 nitrogen and oxygen atoms in total. The first-order chi connectivity index (χ1) is 8.47. The number of nitrogens with one attached hydrogen (secondary N) is 1. The lowest BCUT2D eigenvalue weighted by Crippen LogP contribution is -2.51. The van der Waals surface area contributed by atoms with Gasteiger partial charge in [0.25, 0.3) is 0 Å². The highest BCUT2D eigenvalue weighted by Crippen LogP contribution is 2.30. The Morgan fingerprint density at radius 1 is 1.37 bits per heavy atom. The summed E-state index contributed by atoms with van der Waals surface area (Å²) < 4.78 is 39.9. The summed E-state index contributed by atoms with van der Waals surface area (Å²) in [5, 5.41) is 0. The Balaban J connectivity index is 0.00000180. The van der Waals surface area contributed by atoms with E-state index in [2.05, 4.69) is 9.71 Å². The molecule has 1 aliphatic rings. The van der Waals surface area contributed by atoms with Gasteiger partial charge in [-0.25, -0.2) is 17.5 Å². The highest BCUT2D eigenvalue weighted by Gasteiger charge is 2.36. The topological polar surface area (TPSA) is 85.1 Å². The minimum absolute atomic E-state index is 0. The number of hydrogen-bond donors (Lipinski definition) is 2. The van der Waals surface area contributed by atoms with Crippen LogP contribution in [0.25, 0.3) is 0 Å². The van der Waals surface area contributed by atoms with Gasteiger partial charge >= 0.3 is 0 Å². The van der Waals surface area contributed by atoms with Crippen molar-refractivity contribution in [3.05, 3.63) is 24.3 Å². The molecule has 0 radical (unpaired) electrons. The first kappa shape index (κ1) is 16.3. The van der Waals surface area contributed by atoms with Gasteiger partial charge < -0.3 is 5.73 Å². The standard InChI is InChI=1S/C11H16FN3O2S.ClH/c12-9-5-10(7-14-6-9)18(16,17)15-11(8-13)3-1-2-4-11;/h5-7,15H,1-4,8,13H2;1H. The van der Waals surface area contributed by atoms with E-state index < -0.39 is 21.4 Å². The Labute approximate surface area is 118 Å². The van der Waals surface area contributed by atoms with Crippen LogP contribution in [0.4, 0.5) is 4.39 Å². The first-order valence-electron chi connectivity index (χ1n) is 5.82. The maximum Gasteiger partial charge on any atom is 0.242 e. The minimum Gasteiger partial charge on any atom is -0.329 e. The van der Waals surface area contributed by atoms with Crippen molar-refractivity contribution in [1.82, 2.24) is 9.71 Å². The lowest BCUT2D eigenvalue weighted by Gasteiger charge is -2.28. The summed E-state index contributed by atoms with van der Waals surface area (Å²) >= 11 is 0. The average molecular weight is 310 g/mol. The summed E-state index contributed by atoms with van der Waals surface area (Å²) in [6.07, 6.45) is 5.41. The van der Waals surface area contributed by atoms with E-state index in [1.165, 1.54) is 0 Å². The molecular formula is C11H17ClFN3O2S. The average Bonchev–Trinajstić information content (AvgIpc) is 2.77. The second-order valence-corrected chi connectivity index (χ2v) is 6.32. The fourth-order valence-electron chi connectivity index (χ4n) is 2.28. The smallest absolute Gasteiger partial charge is 0.242 e. The highest BCUT2D eigenvalue weighted by molar-refractivity contribution is 7.89. The van der Waals surface area contributed by atoms with E-state index >= 15 is 0 Å². The van der Waals surface area contributed by atoms with Gasteiger partial charge in [0.15, 0.2) is 0 Å². The van der Waals surface area contributed by atoms with Crippen molar-refractivity contribution in [3.63, 3.8) is 0 Å². The van der Waals surface area contributed by atoms with Gasteiger partial charge in [0.1, 0.15) is 10.7 Å². The largest absolute Gasteiger partial charge is 0.329 e. The van der Waals surface area contributed by atoms with E-state index in [1.807, 2.05) is 0 Å². The maximum atomic E-state index is 13.0. The molecule has 0 amide bonds. The van der Waals surface area contributed by atoms with Crippen LogP contribution in [-0.4, -0.2) is 25.5 Å². The molecule has 8 heteroatoms. The van der Waals surface area contributed by atoms with Crippen LogP contribution in [0.2, 0.25) is 0 Å². The fourth-order valence-corrected chi connectivity index (χ4v) is 3.73. The Hall–Kier alpha value is -0.760. The predicted molar refractivity (Wildman–Crippen MR) is 72.0 cm³/mol. The Morgan fingerprint density at radius 3 is 2.53 bits per heavy atom. The van der Waals surface area contributed by atoms with Crippen LogP contribution in [0, 0.1) is 5.82 Å². The third-order valence-electron chi connectivity index (χ3n) is 3.29. The Bertz CT molecular complexity index is 532. The molecule has 0 bridgehead atoms. The van der Waals surface area contributed by atoms with Gasteiger partial charge in [-0.2, -0.15) is 0 Å². The number of nitrogens with two attached hydrogens (primary N) is 1. The molecule has 0 spiro atoms. The van der Waals surface area contributed by atoms with E-state index in [0.717, 1.165) is 31.3 Å². The monoisotopic (exact) mass is 309 g/mol. The molecule has 1 saturated carbocycles. The van der Waals surface area contributed by atoms with Crippen molar-refractivity contribution in [1.29, 1.82) is 0 Å². The Morgan fingerprint density at radius 2 is 2.00 bits per heavy atom. The second-order valence-electron chi connectivity index (χ2n) is 4.64. The van der Waals surface area contributed by atoms with Crippen LogP contribution in [0.5, 0.6) is 0 Å². The first-order valence-corrected chi connectivity index (χ1v) is 7.30. The minimum atomic E-state index is -3.77. The zero-order valence-electron chi connectivity index (χ0n) is 10.3. The zero-order valence-corrected chi connectivity index (χ0v) is 11.9. The molecule has 1 aromatic heterocycles. The van der Waals surface area contributed by atoms with Crippen LogP contribution in [0.3, 0.4) is 0 Å². The predicted octanol–water partition coefficient (Wildman–Crippen LogP) is 1.19. The van der Waals surface area contributed by atoms with Gasteiger partial charge in [-0.05, 0) is 18.9 Å². The summed E-state index contributed by atoms with van der Waals surface area (Å²) in [4.78, 5) is 3.38. The summed E-state index contributed by atoms with van der Waals surface area (Å²) in [7, 11) is -3.77. The molecule has 0 unspecified atom stereocenters. The van der Waals surface area contributed by atoms with Crippen LogP contribution in [0.1, 0.15) is 25.7 Å². The molecule has 1 fully saturated rings. The molecular weight excluding hydrogens is 293 g/mol. The molecule has 0 saturated heterocycles. The second kappa shape index (κ2) is 6.13. The fraction of sp³-hybridized carbons (Fsp3) is 0.545. The number of sulfonamides is 1. The molecule has 3 N–H and O–H groups in total. The van der Waals surface area contributed by atoms with Gasteiger partial charge in [0, 0.05) is 18.3 Å². The SMILES string of the molecule is Cl.NCC1(NS(=O)(=O)c2cncc(F)c2)CCCC1. The van der Waals surface area contributed by atoms with Crippen LogP contribution in [0.15, 0.2) is 23.4 Å². The number of nitrogens with zero attached hydrogens (tertiary/aromatic N) is 1. The van der Waals surface area contributed by atoms with Crippen molar-refractivity contribution >= 4 is 22.4 Å². The number of rotatable bonds is 4.